The molecule has 4 rings (SSSR count). The van der Waals surface area contributed by atoms with Crippen LogP contribution in [0, 0.1) is 11.3 Å². The molecule has 1 atom stereocenters. The van der Waals surface area contributed by atoms with Crippen molar-refractivity contribution < 1.29 is 14.7 Å². The number of nitriles is 1. The molecule has 2 aromatic carbocycles. The molecular weight excluding hydrogens is 498 g/mol. The number of nitrogens with two attached hydrogens (primary N) is 1. The molecule has 10 heteroatoms. The Morgan fingerprint density at radius 3 is 2.61 bits per heavy atom. The molecule has 36 heavy (non-hydrogen) atoms. The number of aldehydes is 1. The average molecular weight is 518 g/mol. The summed E-state index contributed by atoms with van der Waals surface area (Å²) in [6.07, 6.45) is 0.572. The Morgan fingerprint density at radius 2 is 1.94 bits per heavy atom. The summed E-state index contributed by atoms with van der Waals surface area (Å²) >= 11 is 7.79. The van der Waals surface area contributed by atoms with Crippen molar-refractivity contribution in [2.45, 2.75) is 12.6 Å². The van der Waals surface area contributed by atoms with E-state index in [2.05, 4.69) is 21.7 Å². The van der Waals surface area contributed by atoms with E-state index < -0.39 is 11.6 Å². The van der Waals surface area contributed by atoms with E-state index in [-0.39, 0.29) is 17.1 Å². The van der Waals surface area contributed by atoms with E-state index in [4.69, 9.17) is 17.3 Å². The van der Waals surface area contributed by atoms with Crippen LogP contribution in [0.25, 0.3) is 22.4 Å². The molecule has 0 aliphatic rings. The first kappa shape index (κ1) is 24.9. The molecule has 5 N–H and O–H groups in total. The number of amides is 1. The molecule has 180 valence electrons. The van der Waals surface area contributed by atoms with E-state index in [0.29, 0.717) is 44.3 Å². The Bertz CT molecular complexity index is 1500. The Labute approximate surface area is 216 Å². The normalized spacial score (nSPS) is 12.3. The number of phenolic OH excluding ortho intramolecular Hbond substituents is 1. The van der Waals surface area contributed by atoms with Gasteiger partial charge in [0.25, 0.3) is 5.91 Å². The number of halogens is 1. The van der Waals surface area contributed by atoms with Crippen LogP contribution in [-0.4, -0.2) is 27.9 Å². The van der Waals surface area contributed by atoms with Crippen LogP contribution in [-0.2, 0) is 4.79 Å². The molecule has 4 aromatic rings. The molecule has 2 aromatic heterocycles. The van der Waals surface area contributed by atoms with Crippen LogP contribution in [0.3, 0.4) is 0 Å². The van der Waals surface area contributed by atoms with Gasteiger partial charge in [-0.2, -0.15) is 5.26 Å². The van der Waals surface area contributed by atoms with Crippen LogP contribution in [0.4, 0.5) is 11.5 Å². The van der Waals surface area contributed by atoms with Gasteiger partial charge in [-0.05, 0) is 54.8 Å². The van der Waals surface area contributed by atoms with Crippen LogP contribution in [0.15, 0.2) is 66.0 Å². The molecule has 0 unspecified atom stereocenters. The number of hydrogen-bond donors (Lipinski definition) is 4. The first-order valence-electron chi connectivity index (χ1n) is 10.6. The zero-order valence-electron chi connectivity index (χ0n) is 18.9. The molecule has 0 fully saturated rings. The van der Waals surface area contributed by atoms with Gasteiger partial charge >= 0.3 is 0 Å². The second kappa shape index (κ2) is 10.2. The molecule has 0 radical (unpaired) electrons. The number of anilines is 2. The molecule has 0 saturated carbocycles. The third-order valence-electron chi connectivity index (χ3n) is 5.20. The molecular formula is C26H20ClN5O3S. The number of carbonyl (C=O) groups excluding carboxylic acids is 2. The maximum absolute atomic E-state index is 12.8. The van der Waals surface area contributed by atoms with Gasteiger partial charge in [0.1, 0.15) is 23.0 Å². The number of nitrogens with one attached hydrogen (secondary N) is 2. The molecule has 0 bridgehead atoms. The van der Waals surface area contributed by atoms with Crippen LogP contribution >= 0.6 is 22.9 Å². The Balaban J connectivity index is 1.93. The van der Waals surface area contributed by atoms with Crippen molar-refractivity contribution in [2.24, 2.45) is 5.73 Å². The average Bonchev–Trinajstić information content (AvgIpc) is 3.40. The second-order valence-electron chi connectivity index (χ2n) is 8.06. The number of benzene rings is 2. The fourth-order valence-electron chi connectivity index (χ4n) is 3.52. The monoisotopic (exact) mass is 517 g/mol. The van der Waals surface area contributed by atoms with Gasteiger partial charge < -0.3 is 21.5 Å². The quantitative estimate of drug-likeness (QED) is 0.194. The van der Waals surface area contributed by atoms with Crippen LogP contribution < -0.4 is 16.4 Å². The second-order valence-corrected chi connectivity index (χ2v) is 9.41. The highest BCUT2D eigenvalue weighted by Gasteiger charge is 2.22. The van der Waals surface area contributed by atoms with Crippen molar-refractivity contribution in [1.82, 2.24) is 4.98 Å². The van der Waals surface area contributed by atoms with Crippen molar-refractivity contribution >= 4 is 46.6 Å². The predicted octanol–water partition coefficient (Wildman–Crippen LogP) is 5.25. The number of aromatic nitrogens is 1. The minimum atomic E-state index is -1.33. The highest BCUT2D eigenvalue weighted by molar-refractivity contribution is 7.12. The van der Waals surface area contributed by atoms with E-state index in [1.54, 1.807) is 60.0 Å². The number of carbonyl (C=O) groups is 2. The van der Waals surface area contributed by atoms with Gasteiger partial charge in [-0.1, -0.05) is 29.8 Å². The van der Waals surface area contributed by atoms with Crippen molar-refractivity contribution in [1.29, 1.82) is 5.26 Å². The van der Waals surface area contributed by atoms with Crippen LogP contribution in [0.1, 0.15) is 22.2 Å². The van der Waals surface area contributed by atoms with Crippen LogP contribution in [0.5, 0.6) is 5.75 Å². The maximum atomic E-state index is 12.8. The fraction of sp³-hybridized carbons (Fsp3) is 0.0769. The summed E-state index contributed by atoms with van der Waals surface area (Å²) in [7, 11) is 0. The van der Waals surface area contributed by atoms with E-state index in [9.17, 15) is 20.0 Å². The Morgan fingerprint density at radius 1 is 1.17 bits per heavy atom. The lowest BCUT2D eigenvalue weighted by molar-refractivity contribution is -0.110. The Kier molecular flexibility index (Phi) is 7.03. The lowest BCUT2D eigenvalue weighted by Crippen LogP contribution is -2.46. The van der Waals surface area contributed by atoms with Gasteiger partial charge in [-0.15, -0.1) is 11.3 Å². The van der Waals surface area contributed by atoms with E-state index in [1.807, 2.05) is 0 Å². The molecule has 1 amide bonds. The number of thiophene rings is 1. The Hall–Kier alpha value is -4.23. The molecule has 8 nitrogen and oxygen atoms in total. The molecule has 0 aliphatic carbocycles. The highest BCUT2D eigenvalue weighted by Crippen LogP contribution is 2.39. The lowest BCUT2D eigenvalue weighted by Gasteiger charge is -2.21. The number of phenols is 1. The third kappa shape index (κ3) is 5.21. The SMILES string of the molecule is C[C@@](N)(C=O)Nc1ccc(Cl)c(-c2cc(-c3ccccc3O)nc(NC(=O)c3cccs3)c2C#N)c1. The third-order valence-corrected chi connectivity index (χ3v) is 6.40. The number of hydrogen-bond acceptors (Lipinski definition) is 8. The topological polar surface area (TPSA) is 141 Å². The van der Waals surface area contributed by atoms with Gasteiger partial charge in [0, 0.05) is 27.4 Å². The molecule has 0 spiro atoms. The zero-order valence-corrected chi connectivity index (χ0v) is 20.5. The van der Waals surface area contributed by atoms with Crippen molar-refractivity contribution in [2.75, 3.05) is 10.6 Å². The number of nitrogens with zero attached hydrogens (tertiary/aromatic N) is 2. The van der Waals surface area contributed by atoms with E-state index in [1.165, 1.54) is 24.3 Å². The van der Waals surface area contributed by atoms with E-state index >= 15 is 0 Å². The summed E-state index contributed by atoms with van der Waals surface area (Å²) in [4.78, 5) is 29.1. The maximum Gasteiger partial charge on any atom is 0.266 e. The summed E-state index contributed by atoms with van der Waals surface area (Å²) in [6, 6.07) is 18.6. The summed E-state index contributed by atoms with van der Waals surface area (Å²) < 4.78 is 0. The van der Waals surface area contributed by atoms with Crippen molar-refractivity contribution in [3.8, 4) is 34.2 Å². The van der Waals surface area contributed by atoms with Crippen molar-refractivity contribution in [3.63, 3.8) is 0 Å². The largest absolute Gasteiger partial charge is 0.507 e. The number of rotatable bonds is 7. The standard InChI is InChI=1S/C26H20ClN5O3S/c1-26(29,14-33)32-15-8-9-20(27)18(11-15)17-12-21(16-5-2-3-6-22(16)34)30-24(19(17)13-28)31-25(35)23-7-4-10-36-23/h2-12,14,32,34H,29H2,1H3,(H,30,31,35)/t26-/m0/s1. The van der Waals surface area contributed by atoms with Crippen molar-refractivity contribution in [3.05, 3.63) is 81.5 Å². The number of aromatic hydroxyl groups is 1. The van der Waals surface area contributed by atoms with E-state index in [0.717, 1.165) is 0 Å². The summed E-state index contributed by atoms with van der Waals surface area (Å²) in [5, 5.41) is 28.2. The lowest BCUT2D eigenvalue weighted by atomic mass is 9.97. The van der Waals surface area contributed by atoms with Gasteiger partial charge in [-0.3, -0.25) is 9.59 Å². The minimum absolute atomic E-state index is 0.0117. The molecule has 2 heterocycles. The zero-order chi connectivity index (χ0) is 25.9. The highest BCUT2D eigenvalue weighted by atomic mass is 35.5. The fourth-order valence-corrected chi connectivity index (χ4v) is 4.35. The minimum Gasteiger partial charge on any atom is -0.507 e. The smallest absolute Gasteiger partial charge is 0.266 e. The number of para-hydroxylation sites is 1. The first-order valence-corrected chi connectivity index (χ1v) is 11.9. The van der Waals surface area contributed by atoms with Crippen LogP contribution in [0.2, 0.25) is 5.02 Å². The first-order chi connectivity index (χ1) is 17.2. The van der Waals surface area contributed by atoms with Gasteiger partial charge in [0.05, 0.1) is 10.6 Å². The summed E-state index contributed by atoms with van der Waals surface area (Å²) in [5.41, 5.74) is 6.67. The number of pyridine rings is 1. The molecule has 0 saturated heterocycles. The van der Waals surface area contributed by atoms with Gasteiger partial charge in [0.2, 0.25) is 0 Å². The molecule has 0 aliphatic heterocycles. The predicted molar refractivity (Wildman–Crippen MR) is 141 cm³/mol. The summed E-state index contributed by atoms with van der Waals surface area (Å²) in [5.74, 6) is -0.444. The summed E-state index contributed by atoms with van der Waals surface area (Å²) in [6.45, 7) is 1.51. The van der Waals surface area contributed by atoms with Gasteiger partial charge in [-0.25, -0.2) is 4.98 Å². The van der Waals surface area contributed by atoms with Gasteiger partial charge in [0.15, 0.2) is 12.1 Å².